The Morgan fingerprint density at radius 2 is 1.50 bits per heavy atom. The number of carbonyl (C=O) groups is 4. The molecular formula is C39H60N6O9. The predicted octanol–water partition coefficient (Wildman–Crippen LogP) is 2.86. The topological polar surface area (TPSA) is 180 Å². The fourth-order valence-corrected chi connectivity index (χ4v) is 5.94. The number of alkyl carbamates (subject to hydrolysis) is 2. The fraction of sp³-hybridized carbons (Fsp3) is 0.590. The van der Waals surface area contributed by atoms with Crippen molar-refractivity contribution in [2.24, 2.45) is 11.3 Å². The second kappa shape index (κ2) is 22.1. The Kier molecular flexibility index (Phi) is 18.0. The summed E-state index contributed by atoms with van der Waals surface area (Å²) < 4.78 is 20.9. The van der Waals surface area contributed by atoms with Crippen LogP contribution < -0.4 is 26.1 Å². The lowest BCUT2D eigenvalue weighted by Crippen LogP contribution is -2.60. The summed E-state index contributed by atoms with van der Waals surface area (Å²) in [5, 5.41) is 21.6. The number of hydrogen-bond acceptors (Lipinski definition) is 11. The average Bonchev–Trinajstić information content (AvgIpc) is 3.13. The van der Waals surface area contributed by atoms with Crippen LogP contribution in [0.5, 0.6) is 5.75 Å². The maximum atomic E-state index is 13.8. The van der Waals surface area contributed by atoms with Gasteiger partial charge in [0.2, 0.25) is 5.91 Å². The van der Waals surface area contributed by atoms with Crippen LogP contribution in [-0.4, -0.2) is 123 Å². The lowest BCUT2D eigenvalue weighted by Gasteiger charge is -2.35. The van der Waals surface area contributed by atoms with Crippen LogP contribution >= 0.6 is 0 Å². The number of hydrogen-bond donors (Lipinski definition) is 5. The van der Waals surface area contributed by atoms with Gasteiger partial charge in [0.25, 0.3) is 5.91 Å². The highest BCUT2D eigenvalue weighted by atomic mass is 16.5. The van der Waals surface area contributed by atoms with Gasteiger partial charge in [-0.25, -0.2) is 14.6 Å². The van der Waals surface area contributed by atoms with E-state index in [1.165, 1.54) is 14.2 Å². The first-order chi connectivity index (χ1) is 25.7. The lowest BCUT2D eigenvalue weighted by atomic mass is 9.86. The Bertz CT molecular complexity index is 1450. The van der Waals surface area contributed by atoms with Crippen molar-refractivity contribution < 1.29 is 43.2 Å². The van der Waals surface area contributed by atoms with E-state index in [-0.39, 0.29) is 25.4 Å². The summed E-state index contributed by atoms with van der Waals surface area (Å²) in [4.78, 5) is 54.2. The van der Waals surface area contributed by atoms with Crippen LogP contribution in [0.15, 0.2) is 54.6 Å². The van der Waals surface area contributed by atoms with Gasteiger partial charge >= 0.3 is 12.2 Å². The highest BCUT2D eigenvalue weighted by Crippen LogP contribution is 2.21. The number of nitrogens with zero attached hydrogens (tertiary/aromatic N) is 2. The van der Waals surface area contributed by atoms with Crippen molar-refractivity contribution in [2.45, 2.75) is 78.2 Å². The number of amides is 4. The van der Waals surface area contributed by atoms with E-state index in [4.69, 9.17) is 18.9 Å². The van der Waals surface area contributed by atoms with Crippen LogP contribution in [0.1, 0.15) is 52.2 Å². The number of benzene rings is 2. The molecule has 54 heavy (non-hydrogen) atoms. The van der Waals surface area contributed by atoms with Crippen LogP contribution in [0.4, 0.5) is 9.59 Å². The van der Waals surface area contributed by atoms with Gasteiger partial charge in [0.15, 0.2) is 0 Å². The number of morpholine rings is 1. The van der Waals surface area contributed by atoms with Gasteiger partial charge in [-0.3, -0.25) is 19.9 Å². The van der Waals surface area contributed by atoms with E-state index in [1.54, 1.807) is 5.01 Å². The van der Waals surface area contributed by atoms with Gasteiger partial charge in [-0.15, -0.1) is 0 Å². The molecule has 5 N–H and O–H groups in total. The monoisotopic (exact) mass is 756 g/mol. The molecule has 0 bridgehead atoms. The van der Waals surface area contributed by atoms with Crippen molar-refractivity contribution in [1.29, 1.82) is 0 Å². The number of hydrazine groups is 1. The van der Waals surface area contributed by atoms with Crippen LogP contribution in [0.2, 0.25) is 0 Å². The molecule has 15 heteroatoms. The Morgan fingerprint density at radius 3 is 2.09 bits per heavy atom. The summed E-state index contributed by atoms with van der Waals surface area (Å²) in [7, 11) is 2.45. The number of ether oxygens (including phenoxy) is 4. The highest BCUT2D eigenvalue weighted by Gasteiger charge is 2.35. The maximum Gasteiger partial charge on any atom is 0.407 e. The van der Waals surface area contributed by atoms with Gasteiger partial charge in [-0.2, -0.15) is 0 Å². The lowest BCUT2D eigenvalue weighted by molar-refractivity contribution is -0.132. The highest BCUT2D eigenvalue weighted by molar-refractivity contribution is 5.86. The third kappa shape index (κ3) is 15.5. The average molecular weight is 757 g/mol. The summed E-state index contributed by atoms with van der Waals surface area (Å²) in [6.45, 7) is 13.8. The van der Waals surface area contributed by atoms with Crippen LogP contribution in [0.25, 0.3) is 0 Å². The van der Waals surface area contributed by atoms with Crippen molar-refractivity contribution in [3.63, 3.8) is 0 Å². The summed E-state index contributed by atoms with van der Waals surface area (Å²) in [6, 6.07) is 14.1. The maximum absolute atomic E-state index is 13.8. The summed E-state index contributed by atoms with van der Waals surface area (Å²) >= 11 is 0. The van der Waals surface area contributed by atoms with E-state index in [9.17, 15) is 24.3 Å². The largest absolute Gasteiger partial charge is 0.492 e. The van der Waals surface area contributed by atoms with Crippen molar-refractivity contribution >= 4 is 24.0 Å². The smallest absolute Gasteiger partial charge is 0.407 e. The van der Waals surface area contributed by atoms with Crippen LogP contribution in [0.3, 0.4) is 0 Å². The molecule has 0 spiro atoms. The molecule has 0 radical (unpaired) electrons. The summed E-state index contributed by atoms with van der Waals surface area (Å²) in [5.74, 6) is -0.244. The van der Waals surface area contributed by atoms with Crippen LogP contribution in [-0.2, 0) is 36.8 Å². The number of nitrogens with one attached hydrogen (secondary N) is 4. The fourth-order valence-electron chi connectivity index (χ4n) is 5.94. The van der Waals surface area contributed by atoms with E-state index in [0.717, 1.165) is 44.0 Å². The van der Waals surface area contributed by atoms with Gasteiger partial charge in [0.1, 0.15) is 24.4 Å². The Labute approximate surface area is 319 Å². The third-order valence-electron chi connectivity index (χ3n) is 8.92. The molecule has 1 fully saturated rings. The van der Waals surface area contributed by atoms with E-state index >= 15 is 0 Å². The molecule has 0 aromatic heterocycles. The molecule has 0 saturated carbocycles. The van der Waals surface area contributed by atoms with E-state index in [2.05, 4.69) is 26.3 Å². The SMILES string of the molecule is COC(=O)N[C@@H](CC(C)C)C(=O)N[C@@H](Cc1ccccc1)C(O)CN(Cc1ccc(OCCN2CCOCC2)cc1)NC(=O)[C@@H](NC(=O)OC)C(C)(C)C. The van der Waals surface area contributed by atoms with Crippen molar-refractivity contribution in [3.05, 3.63) is 65.7 Å². The number of rotatable bonds is 19. The second-order valence-corrected chi connectivity index (χ2v) is 14.9. The normalized spacial score (nSPS) is 15.7. The molecule has 300 valence electrons. The Morgan fingerprint density at radius 1 is 0.870 bits per heavy atom. The van der Waals surface area contributed by atoms with Gasteiger partial charge < -0.3 is 40.0 Å². The second-order valence-electron chi connectivity index (χ2n) is 14.9. The first-order valence-corrected chi connectivity index (χ1v) is 18.5. The molecule has 4 amide bonds. The summed E-state index contributed by atoms with van der Waals surface area (Å²) in [5.41, 5.74) is 3.86. The molecule has 15 nitrogen and oxygen atoms in total. The molecule has 1 heterocycles. The standard InChI is InChI=1S/C39H60N6O9/c1-27(2)23-32(41-37(49)51-6)35(47)40-31(24-28-11-9-8-10-12-28)33(46)26-45(43-36(48)34(39(3,4)5)42-38(50)52-7)25-29-13-15-30(16-14-29)54-22-19-44-17-20-53-21-18-44/h8-16,27,31-34,46H,17-26H2,1-7H3,(H,40,47)(H,41,49)(H,42,50)(H,43,48)/t31-,32-,33?,34+/m0/s1. The molecule has 1 aliphatic rings. The van der Waals surface area contributed by atoms with Gasteiger partial charge in [-0.05, 0) is 47.4 Å². The zero-order valence-corrected chi connectivity index (χ0v) is 32.8. The minimum Gasteiger partial charge on any atom is -0.492 e. The van der Waals surface area contributed by atoms with Crippen molar-refractivity contribution in [3.8, 4) is 5.75 Å². The first kappa shape index (κ1) is 44.0. The molecule has 1 aliphatic heterocycles. The zero-order valence-electron chi connectivity index (χ0n) is 32.8. The molecule has 1 saturated heterocycles. The number of carbonyl (C=O) groups excluding carboxylic acids is 4. The quantitative estimate of drug-likeness (QED) is 0.133. The first-order valence-electron chi connectivity index (χ1n) is 18.5. The minimum atomic E-state index is -1.21. The van der Waals surface area contributed by atoms with Gasteiger partial charge in [-0.1, -0.05) is 77.1 Å². The molecule has 2 aromatic carbocycles. The van der Waals surface area contributed by atoms with E-state index in [0.29, 0.717) is 18.8 Å². The number of methoxy groups -OCH3 is 2. The van der Waals surface area contributed by atoms with Crippen LogP contribution in [0, 0.1) is 11.3 Å². The predicted molar refractivity (Wildman–Crippen MR) is 203 cm³/mol. The third-order valence-corrected chi connectivity index (χ3v) is 8.92. The Hall–Kier alpha value is -4.44. The summed E-state index contributed by atoms with van der Waals surface area (Å²) in [6.07, 6.45) is -2.12. The van der Waals surface area contributed by atoms with E-state index < -0.39 is 53.6 Å². The van der Waals surface area contributed by atoms with Gasteiger partial charge in [0.05, 0.1) is 39.6 Å². The molecule has 3 rings (SSSR count). The zero-order chi connectivity index (χ0) is 39.7. The van der Waals surface area contributed by atoms with Crippen molar-refractivity contribution in [1.82, 2.24) is 31.3 Å². The molecular weight excluding hydrogens is 696 g/mol. The molecule has 2 aromatic rings. The number of aliphatic hydroxyl groups excluding tert-OH is 1. The number of aliphatic hydroxyl groups is 1. The van der Waals surface area contributed by atoms with E-state index in [1.807, 2.05) is 89.2 Å². The van der Waals surface area contributed by atoms with Gasteiger partial charge in [0, 0.05) is 32.7 Å². The molecule has 0 aliphatic carbocycles. The Balaban J connectivity index is 1.86. The molecule has 1 unspecified atom stereocenters. The molecule has 4 atom stereocenters. The van der Waals surface area contributed by atoms with Crippen molar-refractivity contribution in [2.75, 3.05) is 60.2 Å². The minimum absolute atomic E-state index is 0.0667.